The van der Waals surface area contributed by atoms with Crippen molar-refractivity contribution in [2.45, 2.75) is 335 Å². The predicted octanol–water partition coefficient (Wildman–Crippen LogP) is 19.1. The summed E-state index contributed by atoms with van der Waals surface area (Å²) >= 11 is 0. The Bertz CT molecular complexity index is 1320. The zero-order valence-corrected chi connectivity index (χ0v) is 51.0. The maximum absolute atomic E-state index is 13.5. The third-order valence-electron chi connectivity index (χ3n) is 14.6. The van der Waals surface area contributed by atoms with Crippen molar-refractivity contribution >= 4 is 19.7 Å². The number of rotatable bonds is 59. The van der Waals surface area contributed by atoms with Crippen LogP contribution in [0.1, 0.15) is 323 Å². The van der Waals surface area contributed by atoms with Crippen LogP contribution in [0.15, 0.2) is 24.3 Å². The Hall–Kier alpha value is -1.51. The van der Waals surface area contributed by atoms with E-state index in [2.05, 4.69) is 38.2 Å². The molecule has 10 heteroatoms. The van der Waals surface area contributed by atoms with E-state index in [9.17, 15) is 19.0 Å². The van der Waals surface area contributed by atoms with Crippen LogP contribution in [0, 0.1) is 0 Å². The van der Waals surface area contributed by atoms with Gasteiger partial charge in [-0.15, -0.1) is 0 Å². The Morgan fingerprint density at radius 1 is 0.459 bits per heavy atom. The maximum atomic E-state index is 13.5. The van der Waals surface area contributed by atoms with Crippen LogP contribution in [0.4, 0.5) is 0 Å². The number of likely N-dealkylation sites (N-methyl/N-ethyl adjacent to an activating group) is 1. The van der Waals surface area contributed by atoms with Crippen LogP contribution in [0.3, 0.4) is 0 Å². The van der Waals surface area contributed by atoms with Gasteiger partial charge in [-0.2, -0.15) is 0 Å². The lowest BCUT2D eigenvalue weighted by atomic mass is 10.0. The Kier molecular flexibility index (Phi) is 53.7. The minimum atomic E-state index is -4.69. The SMILES string of the molecule is CCCCCCCC/C=C/CCCCCCCCCCCCCC(=O)NC(COP(=O)([O-])OCC[N+](C)(C)C)C(/C=C\CCCCCCCCCCCCC)OC(=O)CCCCCCCCCCCCCCCC. The molecule has 0 aromatic rings. The second kappa shape index (κ2) is 54.8. The third kappa shape index (κ3) is 55.3. The minimum Gasteiger partial charge on any atom is -0.756 e. The van der Waals surface area contributed by atoms with Crippen molar-refractivity contribution < 1.29 is 37.3 Å². The summed E-state index contributed by atoms with van der Waals surface area (Å²) in [6, 6.07) is -0.882. The number of ether oxygens (including phenoxy) is 1. The predicted molar refractivity (Wildman–Crippen MR) is 317 cm³/mol. The van der Waals surface area contributed by atoms with Crippen molar-refractivity contribution in [1.29, 1.82) is 0 Å². The molecule has 438 valence electrons. The lowest BCUT2D eigenvalue weighted by Crippen LogP contribution is -2.47. The number of hydrogen-bond acceptors (Lipinski definition) is 7. The average molecular weight is 1070 g/mol. The van der Waals surface area contributed by atoms with Crippen LogP contribution in [0.2, 0.25) is 0 Å². The van der Waals surface area contributed by atoms with Gasteiger partial charge < -0.3 is 28.5 Å². The van der Waals surface area contributed by atoms with Gasteiger partial charge in [0.25, 0.3) is 7.82 Å². The molecule has 0 saturated heterocycles. The fourth-order valence-electron chi connectivity index (χ4n) is 9.64. The van der Waals surface area contributed by atoms with Crippen molar-refractivity contribution in [3.8, 4) is 0 Å². The molecular formula is C64H125N2O7P. The van der Waals surface area contributed by atoms with Gasteiger partial charge in [-0.3, -0.25) is 14.2 Å². The number of unbranched alkanes of at least 4 members (excludes halogenated alkanes) is 41. The molecule has 0 heterocycles. The lowest BCUT2D eigenvalue weighted by molar-refractivity contribution is -0.870. The number of allylic oxidation sites excluding steroid dienone is 3. The van der Waals surface area contributed by atoms with Gasteiger partial charge in [-0.05, 0) is 57.4 Å². The van der Waals surface area contributed by atoms with Crippen LogP contribution in [-0.2, 0) is 27.9 Å². The molecule has 0 saturated carbocycles. The number of phosphoric acid groups is 1. The molecule has 0 fully saturated rings. The summed E-state index contributed by atoms with van der Waals surface area (Å²) in [5, 5.41) is 3.04. The monoisotopic (exact) mass is 1060 g/mol. The fraction of sp³-hybridized carbons (Fsp3) is 0.906. The molecule has 0 aliphatic heterocycles. The van der Waals surface area contributed by atoms with Crippen LogP contribution in [-0.4, -0.2) is 69.4 Å². The molecule has 3 unspecified atom stereocenters. The normalized spacial score (nSPS) is 13.8. The van der Waals surface area contributed by atoms with Gasteiger partial charge in [0.1, 0.15) is 19.3 Å². The summed E-state index contributed by atoms with van der Waals surface area (Å²) in [5.74, 6) is -0.524. The number of hydrogen-bond donors (Lipinski definition) is 1. The van der Waals surface area contributed by atoms with E-state index < -0.39 is 20.0 Å². The zero-order chi connectivity index (χ0) is 54.3. The van der Waals surface area contributed by atoms with E-state index >= 15 is 0 Å². The number of phosphoric ester groups is 1. The van der Waals surface area contributed by atoms with E-state index in [0.29, 0.717) is 17.4 Å². The summed E-state index contributed by atoms with van der Waals surface area (Å²) in [7, 11) is 1.20. The number of carbonyl (C=O) groups excluding carboxylic acids is 2. The van der Waals surface area contributed by atoms with Gasteiger partial charge in [-0.1, -0.05) is 277 Å². The molecule has 0 aliphatic carbocycles. The molecule has 1 amide bonds. The molecule has 9 nitrogen and oxygen atoms in total. The van der Waals surface area contributed by atoms with Crippen LogP contribution in [0.5, 0.6) is 0 Å². The average Bonchev–Trinajstić information content (AvgIpc) is 3.36. The number of carbonyl (C=O) groups is 2. The molecule has 0 aromatic heterocycles. The highest BCUT2D eigenvalue weighted by atomic mass is 31.2. The summed E-state index contributed by atoms with van der Waals surface area (Å²) < 4.78 is 30.4. The topological polar surface area (TPSA) is 114 Å². The van der Waals surface area contributed by atoms with Crippen molar-refractivity contribution in [3.05, 3.63) is 24.3 Å². The smallest absolute Gasteiger partial charge is 0.306 e. The quantitative estimate of drug-likeness (QED) is 0.0212. The van der Waals surface area contributed by atoms with E-state index in [1.54, 1.807) is 0 Å². The number of quaternary nitrogens is 1. The molecule has 0 spiro atoms. The van der Waals surface area contributed by atoms with Gasteiger partial charge >= 0.3 is 5.97 Å². The number of amides is 1. The molecule has 0 aromatic carbocycles. The highest BCUT2D eigenvalue weighted by Crippen LogP contribution is 2.38. The molecule has 1 N–H and O–H groups in total. The number of esters is 1. The summed E-state index contributed by atoms with van der Waals surface area (Å²) in [6.45, 7) is 6.89. The molecule has 0 aliphatic rings. The highest BCUT2D eigenvalue weighted by Gasteiger charge is 2.27. The number of nitrogens with zero attached hydrogens (tertiary/aromatic N) is 1. The Morgan fingerprint density at radius 3 is 1.15 bits per heavy atom. The molecule has 0 rings (SSSR count). The highest BCUT2D eigenvalue weighted by molar-refractivity contribution is 7.45. The Labute approximate surface area is 460 Å². The largest absolute Gasteiger partial charge is 0.756 e. The Balaban J connectivity index is 5.18. The van der Waals surface area contributed by atoms with Gasteiger partial charge in [0.2, 0.25) is 5.91 Å². The van der Waals surface area contributed by atoms with Crippen LogP contribution < -0.4 is 10.2 Å². The van der Waals surface area contributed by atoms with Crippen molar-refractivity contribution in [3.63, 3.8) is 0 Å². The first-order valence-electron chi connectivity index (χ1n) is 32.1. The molecule has 3 atom stereocenters. The van der Waals surface area contributed by atoms with Crippen molar-refractivity contribution in [2.24, 2.45) is 0 Å². The lowest BCUT2D eigenvalue weighted by Gasteiger charge is -2.30. The summed E-state index contributed by atoms with van der Waals surface area (Å²) in [6.07, 6.45) is 64.2. The third-order valence-corrected chi connectivity index (χ3v) is 15.6. The summed E-state index contributed by atoms with van der Waals surface area (Å²) in [5.41, 5.74) is 0. The standard InChI is InChI=1S/C64H125N2O7P/c1-7-10-13-16-19-22-25-28-30-31-32-33-34-35-36-38-41-44-47-50-53-56-63(67)65-61(60-72-74(69,70)71-59-58-66(4,5)6)62(55-52-49-46-43-40-37-27-24-21-18-15-12-9-3)73-64(68)57-54-51-48-45-42-39-29-26-23-20-17-14-11-8-2/h28,30,52,55,61-62H,7-27,29,31-51,53-54,56-60H2,1-6H3,(H-,65,67,69,70)/b30-28+,55-52-. The van der Waals surface area contributed by atoms with Gasteiger partial charge in [0.15, 0.2) is 0 Å². The minimum absolute atomic E-state index is 0.0186. The van der Waals surface area contributed by atoms with E-state index in [0.717, 1.165) is 57.8 Å². The van der Waals surface area contributed by atoms with Gasteiger partial charge in [0.05, 0.1) is 33.8 Å². The first kappa shape index (κ1) is 72.5. The first-order chi connectivity index (χ1) is 35.9. The van der Waals surface area contributed by atoms with E-state index in [1.165, 1.54) is 231 Å². The molecular weight excluding hydrogens is 940 g/mol. The van der Waals surface area contributed by atoms with E-state index in [1.807, 2.05) is 33.3 Å². The maximum Gasteiger partial charge on any atom is 0.306 e. The van der Waals surface area contributed by atoms with Gasteiger partial charge in [0, 0.05) is 12.8 Å². The van der Waals surface area contributed by atoms with Gasteiger partial charge in [-0.25, -0.2) is 0 Å². The first-order valence-corrected chi connectivity index (χ1v) is 33.6. The second-order valence-electron chi connectivity index (χ2n) is 23.3. The fourth-order valence-corrected chi connectivity index (χ4v) is 10.4. The van der Waals surface area contributed by atoms with Crippen molar-refractivity contribution in [2.75, 3.05) is 40.9 Å². The Morgan fingerprint density at radius 2 is 0.784 bits per heavy atom. The number of nitrogens with one attached hydrogen (secondary N) is 1. The molecule has 0 bridgehead atoms. The molecule has 0 radical (unpaired) electrons. The summed E-state index contributed by atoms with van der Waals surface area (Å²) in [4.78, 5) is 40.0. The van der Waals surface area contributed by atoms with Crippen LogP contribution in [0.25, 0.3) is 0 Å². The van der Waals surface area contributed by atoms with Crippen LogP contribution >= 0.6 is 7.82 Å². The van der Waals surface area contributed by atoms with Crippen molar-refractivity contribution in [1.82, 2.24) is 5.32 Å². The zero-order valence-electron chi connectivity index (χ0n) is 50.1. The van der Waals surface area contributed by atoms with E-state index in [-0.39, 0.29) is 31.5 Å². The van der Waals surface area contributed by atoms with E-state index in [4.69, 9.17) is 13.8 Å². The molecule has 74 heavy (non-hydrogen) atoms. The second-order valence-corrected chi connectivity index (χ2v) is 24.7.